The number of hydrogen-bond donors (Lipinski definition) is 2. The van der Waals surface area contributed by atoms with Gasteiger partial charge >= 0.3 is 5.97 Å². The summed E-state index contributed by atoms with van der Waals surface area (Å²) >= 11 is 0. The molecule has 0 saturated carbocycles. The molecule has 0 aromatic heterocycles. The number of benzene rings is 2. The minimum Gasteiger partial charge on any atom is -0.465 e. The van der Waals surface area contributed by atoms with Crippen molar-refractivity contribution >= 4 is 23.0 Å². The molecule has 2 aromatic carbocycles. The highest BCUT2D eigenvalue weighted by Gasteiger charge is 2.06. The maximum Gasteiger partial charge on any atom is 0.337 e. The lowest BCUT2D eigenvalue weighted by atomic mass is 10.2. The van der Waals surface area contributed by atoms with Gasteiger partial charge < -0.3 is 15.8 Å². The Morgan fingerprint density at radius 2 is 1.94 bits per heavy atom. The smallest absolute Gasteiger partial charge is 0.337 e. The molecule has 0 amide bonds. The van der Waals surface area contributed by atoms with Crippen molar-refractivity contribution in [1.29, 1.82) is 0 Å². The number of nitrogens with one attached hydrogen (secondary N) is 1. The monoisotopic (exact) mass is 242 g/mol. The number of hydrogen-bond acceptors (Lipinski definition) is 4. The molecule has 2 aromatic rings. The van der Waals surface area contributed by atoms with E-state index in [0.29, 0.717) is 11.3 Å². The zero-order valence-corrected chi connectivity index (χ0v) is 10.0. The minimum absolute atomic E-state index is 0.361. The number of carbonyl (C=O) groups excluding carboxylic acids is 1. The maximum atomic E-state index is 11.4. The summed E-state index contributed by atoms with van der Waals surface area (Å²) in [5.41, 5.74) is 8.58. The molecule has 18 heavy (non-hydrogen) atoms. The fourth-order valence-electron chi connectivity index (χ4n) is 1.61. The van der Waals surface area contributed by atoms with E-state index >= 15 is 0 Å². The number of nitrogen functional groups attached to an aromatic ring is 1. The molecule has 0 atom stereocenters. The second-order valence-electron chi connectivity index (χ2n) is 3.78. The summed E-state index contributed by atoms with van der Waals surface area (Å²) < 4.78 is 4.67. The first-order chi connectivity index (χ1) is 8.70. The van der Waals surface area contributed by atoms with Gasteiger partial charge in [0.25, 0.3) is 0 Å². The van der Waals surface area contributed by atoms with Crippen LogP contribution in [0, 0.1) is 0 Å². The van der Waals surface area contributed by atoms with Crippen molar-refractivity contribution in [3.05, 3.63) is 54.1 Å². The Labute approximate surface area is 105 Å². The molecule has 0 aliphatic rings. The lowest BCUT2D eigenvalue weighted by Gasteiger charge is -2.09. The third-order valence-corrected chi connectivity index (χ3v) is 2.52. The summed E-state index contributed by atoms with van der Waals surface area (Å²) in [4.78, 5) is 11.4. The first-order valence-corrected chi connectivity index (χ1v) is 5.50. The van der Waals surface area contributed by atoms with Gasteiger partial charge in [0.15, 0.2) is 0 Å². The van der Waals surface area contributed by atoms with Crippen molar-refractivity contribution in [3.63, 3.8) is 0 Å². The van der Waals surface area contributed by atoms with Crippen LogP contribution in [0.15, 0.2) is 48.5 Å². The molecule has 0 fully saturated rings. The first kappa shape index (κ1) is 12.0. The van der Waals surface area contributed by atoms with Gasteiger partial charge in [-0.25, -0.2) is 4.79 Å². The Hall–Kier alpha value is -2.49. The van der Waals surface area contributed by atoms with Crippen LogP contribution in [0.2, 0.25) is 0 Å². The van der Waals surface area contributed by atoms with E-state index in [1.54, 1.807) is 18.2 Å². The Kier molecular flexibility index (Phi) is 3.48. The molecule has 0 unspecified atom stereocenters. The van der Waals surface area contributed by atoms with E-state index in [0.717, 1.165) is 11.4 Å². The van der Waals surface area contributed by atoms with Crippen LogP contribution in [0.3, 0.4) is 0 Å². The lowest BCUT2D eigenvalue weighted by molar-refractivity contribution is 0.0601. The van der Waals surface area contributed by atoms with Crippen LogP contribution in [0.25, 0.3) is 0 Å². The predicted octanol–water partition coefficient (Wildman–Crippen LogP) is 2.80. The summed E-state index contributed by atoms with van der Waals surface area (Å²) in [5, 5.41) is 3.16. The fourth-order valence-corrected chi connectivity index (χ4v) is 1.61. The lowest BCUT2D eigenvalue weighted by Crippen LogP contribution is -2.02. The van der Waals surface area contributed by atoms with Gasteiger partial charge in [0, 0.05) is 5.69 Å². The molecule has 0 aliphatic heterocycles. The van der Waals surface area contributed by atoms with E-state index in [1.807, 2.05) is 30.3 Å². The Balaban J connectivity index is 2.25. The van der Waals surface area contributed by atoms with Crippen LogP contribution in [-0.2, 0) is 4.74 Å². The molecule has 2 rings (SSSR count). The topological polar surface area (TPSA) is 64.3 Å². The SMILES string of the molecule is COC(=O)c1cccc(Nc2ccccc2N)c1. The van der Waals surface area contributed by atoms with Crippen LogP contribution >= 0.6 is 0 Å². The second-order valence-corrected chi connectivity index (χ2v) is 3.78. The average molecular weight is 242 g/mol. The summed E-state index contributed by atoms with van der Waals surface area (Å²) in [7, 11) is 1.36. The number of esters is 1. The summed E-state index contributed by atoms with van der Waals surface area (Å²) in [5.74, 6) is -0.361. The van der Waals surface area contributed by atoms with Gasteiger partial charge in [-0.05, 0) is 30.3 Å². The first-order valence-electron chi connectivity index (χ1n) is 5.50. The van der Waals surface area contributed by atoms with Crippen molar-refractivity contribution < 1.29 is 9.53 Å². The Morgan fingerprint density at radius 3 is 2.67 bits per heavy atom. The van der Waals surface area contributed by atoms with E-state index in [2.05, 4.69) is 10.1 Å². The molecule has 0 heterocycles. The molecule has 4 nitrogen and oxygen atoms in total. The van der Waals surface area contributed by atoms with Crippen LogP contribution in [0.1, 0.15) is 10.4 Å². The normalized spacial score (nSPS) is 9.83. The summed E-state index contributed by atoms with van der Waals surface area (Å²) in [6.07, 6.45) is 0. The average Bonchev–Trinajstić information content (AvgIpc) is 2.41. The predicted molar refractivity (Wildman–Crippen MR) is 71.9 cm³/mol. The van der Waals surface area contributed by atoms with Gasteiger partial charge in [-0.2, -0.15) is 0 Å². The van der Waals surface area contributed by atoms with Gasteiger partial charge in [-0.15, -0.1) is 0 Å². The van der Waals surface area contributed by atoms with Crippen molar-refractivity contribution in [2.75, 3.05) is 18.2 Å². The number of ether oxygens (including phenoxy) is 1. The maximum absolute atomic E-state index is 11.4. The number of methoxy groups -OCH3 is 1. The van der Waals surface area contributed by atoms with Crippen molar-refractivity contribution in [2.45, 2.75) is 0 Å². The zero-order chi connectivity index (χ0) is 13.0. The Bertz CT molecular complexity index is 567. The minimum atomic E-state index is -0.361. The van der Waals surface area contributed by atoms with E-state index in [-0.39, 0.29) is 5.97 Å². The quantitative estimate of drug-likeness (QED) is 0.641. The standard InChI is InChI=1S/C14H14N2O2/c1-18-14(17)10-5-4-6-11(9-10)16-13-8-3-2-7-12(13)15/h2-9,16H,15H2,1H3. The van der Waals surface area contributed by atoms with Gasteiger partial charge in [-0.1, -0.05) is 18.2 Å². The summed E-state index contributed by atoms with van der Waals surface area (Å²) in [6, 6.07) is 14.5. The van der Waals surface area contributed by atoms with Crippen LogP contribution in [0.4, 0.5) is 17.1 Å². The number of carbonyl (C=O) groups is 1. The van der Waals surface area contributed by atoms with E-state index in [9.17, 15) is 4.79 Å². The molecule has 92 valence electrons. The molecule has 0 spiro atoms. The molecular weight excluding hydrogens is 228 g/mol. The molecule has 4 heteroatoms. The highest BCUT2D eigenvalue weighted by Crippen LogP contribution is 2.23. The third-order valence-electron chi connectivity index (χ3n) is 2.52. The van der Waals surface area contributed by atoms with Crippen LogP contribution < -0.4 is 11.1 Å². The summed E-state index contributed by atoms with van der Waals surface area (Å²) in [6.45, 7) is 0. The largest absolute Gasteiger partial charge is 0.465 e. The number of rotatable bonds is 3. The van der Waals surface area contributed by atoms with E-state index in [4.69, 9.17) is 5.73 Å². The molecule has 0 saturated heterocycles. The fraction of sp³-hybridized carbons (Fsp3) is 0.0714. The van der Waals surface area contributed by atoms with Gasteiger partial charge in [0.1, 0.15) is 0 Å². The van der Waals surface area contributed by atoms with Crippen LogP contribution in [0.5, 0.6) is 0 Å². The van der Waals surface area contributed by atoms with Gasteiger partial charge in [0.2, 0.25) is 0 Å². The van der Waals surface area contributed by atoms with Crippen molar-refractivity contribution in [2.24, 2.45) is 0 Å². The van der Waals surface area contributed by atoms with Crippen molar-refractivity contribution in [3.8, 4) is 0 Å². The highest BCUT2D eigenvalue weighted by atomic mass is 16.5. The Morgan fingerprint density at radius 1 is 1.17 bits per heavy atom. The number of anilines is 3. The van der Waals surface area contributed by atoms with E-state index in [1.165, 1.54) is 7.11 Å². The third kappa shape index (κ3) is 2.60. The highest BCUT2D eigenvalue weighted by molar-refractivity contribution is 5.90. The molecule has 0 radical (unpaired) electrons. The molecule has 3 N–H and O–H groups in total. The second kappa shape index (κ2) is 5.23. The number of nitrogens with two attached hydrogens (primary N) is 1. The zero-order valence-electron chi connectivity index (χ0n) is 10.0. The van der Waals surface area contributed by atoms with Crippen LogP contribution in [-0.4, -0.2) is 13.1 Å². The number of para-hydroxylation sites is 2. The molecular formula is C14H14N2O2. The van der Waals surface area contributed by atoms with Crippen molar-refractivity contribution in [1.82, 2.24) is 0 Å². The molecule has 0 bridgehead atoms. The van der Waals surface area contributed by atoms with Gasteiger partial charge in [0.05, 0.1) is 24.0 Å². The molecule has 0 aliphatic carbocycles. The van der Waals surface area contributed by atoms with E-state index < -0.39 is 0 Å². The van der Waals surface area contributed by atoms with Gasteiger partial charge in [-0.3, -0.25) is 0 Å².